The Morgan fingerprint density at radius 2 is 1.90 bits per heavy atom. The highest BCUT2D eigenvalue weighted by Crippen LogP contribution is 2.37. The molecule has 2 bridgehead atoms. The fourth-order valence-corrected chi connectivity index (χ4v) is 2.88. The molecule has 0 amide bonds. The van der Waals surface area contributed by atoms with Crippen LogP contribution in [0.2, 0.25) is 0 Å². The van der Waals surface area contributed by atoms with Gasteiger partial charge in [0, 0.05) is 24.1 Å². The molecule has 1 aromatic rings. The monoisotopic (exact) mass is 282 g/mol. The van der Waals surface area contributed by atoms with E-state index in [2.05, 4.69) is 16.5 Å². The fraction of sp³-hybridized carbons (Fsp3) is 0.615. The number of nitrogens with zero attached hydrogens (tertiary/aromatic N) is 1. The average Bonchev–Trinajstić information content (AvgIpc) is 2.98. The molecule has 2 aliphatic rings. The van der Waals surface area contributed by atoms with Crippen molar-refractivity contribution in [3.8, 4) is 0 Å². The van der Waals surface area contributed by atoms with Crippen molar-refractivity contribution in [3.05, 3.63) is 17.5 Å². The smallest absolute Gasteiger partial charge is 0.414 e. The average molecular weight is 282 g/mol. The van der Waals surface area contributed by atoms with Gasteiger partial charge in [-0.05, 0) is 32.6 Å². The number of aromatic nitrogens is 1. The lowest BCUT2D eigenvalue weighted by molar-refractivity contribution is -0.159. The van der Waals surface area contributed by atoms with Crippen molar-refractivity contribution < 1.29 is 24.3 Å². The maximum Gasteiger partial charge on any atom is 0.414 e. The Kier molecular flexibility index (Phi) is 4.39. The molecule has 2 aliphatic heterocycles. The Labute approximate surface area is 116 Å². The molecular formula is C13H18N2O5. The number of hydrogen-bond acceptors (Lipinski definition) is 5. The molecule has 7 nitrogen and oxygen atoms in total. The van der Waals surface area contributed by atoms with Crippen molar-refractivity contribution in [3.63, 3.8) is 0 Å². The fourth-order valence-electron chi connectivity index (χ4n) is 2.88. The molecule has 3 N–H and O–H groups in total. The third kappa shape index (κ3) is 3.36. The zero-order valence-electron chi connectivity index (χ0n) is 11.2. The Bertz CT molecular complexity index is 487. The minimum Gasteiger partial charge on any atom is -0.473 e. The van der Waals surface area contributed by atoms with Crippen molar-refractivity contribution in [2.45, 2.75) is 50.6 Å². The van der Waals surface area contributed by atoms with Crippen LogP contribution < -0.4 is 5.32 Å². The molecule has 3 heterocycles. The van der Waals surface area contributed by atoms with E-state index >= 15 is 0 Å². The first-order valence-electron chi connectivity index (χ1n) is 6.63. The summed E-state index contributed by atoms with van der Waals surface area (Å²) < 4.78 is 5.36. The molecule has 3 rings (SSSR count). The Hall–Kier alpha value is -1.89. The highest BCUT2D eigenvalue weighted by Gasteiger charge is 2.37. The first-order valence-corrected chi connectivity index (χ1v) is 6.63. The van der Waals surface area contributed by atoms with Crippen molar-refractivity contribution in [1.82, 2.24) is 10.5 Å². The molecule has 20 heavy (non-hydrogen) atoms. The van der Waals surface area contributed by atoms with E-state index < -0.39 is 11.9 Å². The summed E-state index contributed by atoms with van der Waals surface area (Å²) in [7, 11) is 0. The number of aliphatic carboxylic acids is 2. The molecule has 2 fully saturated rings. The number of carboxylic acid groups (broad SMARTS) is 2. The zero-order chi connectivity index (χ0) is 14.7. The lowest BCUT2D eigenvalue weighted by atomic mass is 9.90. The number of hydrogen-bond donors (Lipinski definition) is 3. The minimum atomic E-state index is -1.82. The second-order valence-electron chi connectivity index (χ2n) is 5.21. The second-order valence-corrected chi connectivity index (χ2v) is 5.21. The van der Waals surface area contributed by atoms with Gasteiger partial charge in [-0.2, -0.15) is 0 Å². The lowest BCUT2D eigenvalue weighted by Gasteiger charge is -2.28. The summed E-state index contributed by atoms with van der Waals surface area (Å²) in [6.07, 6.45) is 5.20. The number of aryl methyl sites for hydroxylation is 1. The summed E-state index contributed by atoms with van der Waals surface area (Å²) in [4.78, 5) is 18.2. The first-order chi connectivity index (χ1) is 9.47. The van der Waals surface area contributed by atoms with Crippen LogP contribution in [0, 0.1) is 6.92 Å². The molecule has 3 atom stereocenters. The topological polar surface area (TPSA) is 113 Å². The van der Waals surface area contributed by atoms with Gasteiger partial charge in [-0.25, -0.2) is 9.59 Å². The molecule has 0 aromatic carbocycles. The van der Waals surface area contributed by atoms with E-state index in [0.29, 0.717) is 12.0 Å². The predicted molar refractivity (Wildman–Crippen MR) is 68.4 cm³/mol. The Balaban J connectivity index is 0.000000212. The van der Waals surface area contributed by atoms with E-state index in [-0.39, 0.29) is 0 Å². The number of carbonyl (C=O) groups is 2. The molecule has 0 spiro atoms. The van der Waals surface area contributed by atoms with Crippen LogP contribution >= 0.6 is 0 Å². The van der Waals surface area contributed by atoms with Crippen LogP contribution in [0.25, 0.3) is 0 Å². The summed E-state index contributed by atoms with van der Waals surface area (Å²) >= 11 is 0. The normalized spacial score (nSPS) is 27.6. The van der Waals surface area contributed by atoms with Gasteiger partial charge >= 0.3 is 11.9 Å². The number of nitrogens with one attached hydrogen (secondary N) is 1. The molecule has 0 radical (unpaired) electrons. The van der Waals surface area contributed by atoms with Gasteiger partial charge in [0.05, 0.1) is 5.69 Å². The van der Waals surface area contributed by atoms with Gasteiger partial charge < -0.3 is 20.1 Å². The van der Waals surface area contributed by atoms with E-state index in [0.717, 1.165) is 17.5 Å². The van der Waals surface area contributed by atoms with Gasteiger partial charge in [0.25, 0.3) is 0 Å². The third-order valence-electron chi connectivity index (χ3n) is 3.78. The summed E-state index contributed by atoms with van der Waals surface area (Å²) in [5, 5.41) is 22.4. The summed E-state index contributed by atoms with van der Waals surface area (Å²) in [6.45, 7) is 1.99. The second kappa shape index (κ2) is 6.04. The number of rotatable bonds is 1. The molecule has 0 saturated carbocycles. The SMILES string of the molecule is Cc1cc([C@@H]2CCC3CCC2N3)on1.O=C(O)C(=O)O. The predicted octanol–water partition coefficient (Wildman–Crippen LogP) is 1.14. The first kappa shape index (κ1) is 14.5. The van der Waals surface area contributed by atoms with E-state index in [1.165, 1.54) is 25.7 Å². The van der Waals surface area contributed by atoms with Crippen LogP contribution in [-0.2, 0) is 9.59 Å². The van der Waals surface area contributed by atoms with Crippen LogP contribution in [0.5, 0.6) is 0 Å². The van der Waals surface area contributed by atoms with Crippen LogP contribution in [0.3, 0.4) is 0 Å². The lowest BCUT2D eigenvalue weighted by Crippen LogP contribution is -2.38. The van der Waals surface area contributed by atoms with E-state index in [1.54, 1.807) is 0 Å². The Morgan fingerprint density at radius 3 is 2.45 bits per heavy atom. The summed E-state index contributed by atoms with van der Waals surface area (Å²) in [6, 6.07) is 3.51. The van der Waals surface area contributed by atoms with E-state index in [1.807, 2.05) is 6.92 Å². The van der Waals surface area contributed by atoms with Crippen LogP contribution in [0.1, 0.15) is 43.1 Å². The van der Waals surface area contributed by atoms with Gasteiger partial charge in [-0.3, -0.25) is 0 Å². The van der Waals surface area contributed by atoms with Gasteiger partial charge in [-0.1, -0.05) is 5.16 Å². The molecule has 7 heteroatoms. The van der Waals surface area contributed by atoms with Gasteiger partial charge in [0.15, 0.2) is 0 Å². The van der Waals surface area contributed by atoms with Crippen molar-refractivity contribution in [1.29, 1.82) is 0 Å². The van der Waals surface area contributed by atoms with Gasteiger partial charge in [0.2, 0.25) is 0 Å². The number of piperidine rings is 1. The van der Waals surface area contributed by atoms with E-state index in [4.69, 9.17) is 24.3 Å². The van der Waals surface area contributed by atoms with Crippen LogP contribution in [0.15, 0.2) is 10.6 Å². The Morgan fingerprint density at radius 1 is 1.25 bits per heavy atom. The summed E-state index contributed by atoms with van der Waals surface area (Å²) in [5.74, 6) is -2.00. The van der Waals surface area contributed by atoms with Crippen molar-refractivity contribution in [2.24, 2.45) is 0 Å². The van der Waals surface area contributed by atoms with Crippen molar-refractivity contribution in [2.75, 3.05) is 0 Å². The number of fused-ring (bicyclic) bond motifs is 2. The molecular weight excluding hydrogens is 264 g/mol. The maximum absolute atomic E-state index is 9.10. The highest BCUT2D eigenvalue weighted by molar-refractivity contribution is 6.27. The van der Waals surface area contributed by atoms with Crippen LogP contribution in [-0.4, -0.2) is 39.4 Å². The molecule has 1 aromatic heterocycles. The van der Waals surface area contributed by atoms with Crippen molar-refractivity contribution >= 4 is 11.9 Å². The van der Waals surface area contributed by atoms with Gasteiger partial charge in [0.1, 0.15) is 5.76 Å². The highest BCUT2D eigenvalue weighted by atomic mass is 16.5. The third-order valence-corrected chi connectivity index (χ3v) is 3.78. The molecule has 2 unspecified atom stereocenters. The number of carboxylic acids is 2. The van der Waals surface area contributed by atoms with Gasteiger partial charge in [-0.15, -0.1) is 0 Å². The maximum atomic E-state index is 9.10. The minimum absolute atomic E-state index is 0.565. The molecule has 110 valence electrons. The molecule has 0 aliphatic carbocycles. The zero-order valence-corrected chi connectivity index (χ0v) is 11.2. The van der Waals surface area contributed by atoms with Crippen LogP contribution in [0.4, 0.5) is 0 Å². The molecule has 2 saturated heterocycles. The van der Waals surface area contributed by atoms with E-state index in [9.17, 15) is 0 Å². The standard InChI is InChI=1S/C11H16N2O.C2H2O4/c1-7-6-11(14-13-7)9-4-2-8-3-5-10(9)12-8;3-1(4)2(5)6/h6,8-10,12H,2-5H2,1H3;(H,3,4)(H,5,6)/t8?,9-,10?;/m1./s1. The quantitative estimate of drug-likeness (QED) is 0.662. The summed E-state index contributed by atoms with van der Waals surface area (Å²) in [5.41, 5.74) is 1.00. The largest absolute Gasteiger partial charge is 0.473 e.